The maximum absolute atomic E-state index is 5.67. The van der Waals surface area contributed by atoms with Gasteiger partial charge >= 0.3 is 0 Å². The molecule has 2 N–H and O–H groups in total. The largest absolute Gasteiger partial charge is 0.324 e. The Bertz CT molecular complexity index is 344. The number of aromatic nitrogens is 3. The van der Waals surface area contributed by atoms with E-state index in [1.807, 2.05) is 0 Å². The van der Waals surface area contributed by atoms with E-state index in [2.05, 4.69) is 35.5 Å². The predicted molar refractivity (Wildman–Crippen MR) is 59.3 cm³/mol. The lowest BCUT2D eigenvalue weighted by atomic mass is 9.92. The SMILES string of the molecule is CC(C)(C)Cc1nnc(CN)n1C1CC1. The van der Waals surface area contributed by atoms with E-state index in [-0.39, 0.29) is 5.41 Å². The summed E-state index contributed by atoms with van der Waals surface area (Å²) in [7, 11) is 0. The third-order valence-corrected chi connectivity index (χ3v) is 2.62. The maximum atomic E-state index is 5.67. The summed E-state index contributed by atoms with van der Waals surface area (Å²) < 4.78 is 2.26. The molecule has 0 unspecified atom stereocenters. The summed E-state index contributed by atoms with van der Waals surface area (Å²) in [4.78, 5) is 0. The van der Waals surface area contributed by atoms with Gasteiger partial charge in [0, 0.05) is 12.5 Å². The van der Waals surface area contributed by atoms with Crippen LogP contribution in [0.25, 0.3) is 0 Å². The highest BCUT2D eigenvalue weighted by Gasteiger charge is 2.30. The first-order valence-electron chi connectivity index (χ1n) is 5.64. The molecule has 15 heavy (non-hydrogen) atoms. The molecule has 1 aromatic rings. The van der Waals surface area contributed by atoms with Crippen LogP contribution < -0.4 is 5.73 Å². The second kappa shape index (κ2) is 3.59. The fourth-order valence-electron chi connectivity index (χ4n) is 1.85. The smallest absolute Gasteiger partial charge is 0.147 e. The first-order chi connectivity index (χ1) is 7.01. The number of nitrogens with two attached hydrogens (primary N) is 1. The lowest BCUT2D eigenvalue weighted by molar-refractivity contribution is 0.390. The molecule has 0 radical (unpaired) electrons. The standard InChI is InChI=1S/C11H20N4/c1-11(2,3)6-9-13-14-10(7-12)15(9)8-4-5-8/h8H,4-7,12H2,1-3H3. The summed E-state index contributed by atoms with van der Waals surface area (Å²) in [6.45, 7) is 7.16. The molecule has 0 atom stereocenters. The summed E-state index contributed by atoms with van der Waals surface area (Å²) >= 11 is 0. The van der Waals surface area contributed by atoms with Crippen molar-refractivity contribution in [3.05, 3.63) is 11.6 Å². The Labute approximate surface area is 90.9 Å². The van der Waals surface area contributed by atoms with Gasteiger partial charge < -0.3 is 10.3 Å². The molecule has 2 rings (SSSR count). The molecule has 0 spiro atoms. The lowest BCUT2D eigenvalue weighted by Crippen LogP contribution is -2.16. The summed E-state index contributed by atoms with van der Waals surface area (Å²) in [5.74, 6) is 2.04. The molecule has 1 saturated carbocycles. The van der Waals surface area contributed by atoms with Gasteiger partial charge in [-0.2, -0.15) is 0 Å². The van der Waals surface area contributed by atoms with Crippen LogP contribution in [-0.4, -0.2) is 14.8 Å². The fourth-order valence-corrected chi connectivity index (χ4v) is 1.85. The van der Waals surface area contributed by atoms with Gasteiger partial charge in [0.1, 0.15) is 11.6 Å². The van der Waals surface area contributed by atoms with Crippen molar-refractivity contribution in [2.45, 2.75) is 52.6 Å². The number of nitrogens with zero attached hydrogens (tertiary/aromatic N) is 3. The van der Waals surface area contributed by atoms with Crippen LogP contribution in [0.5, 0.6) is 0 Å². The Hall–Kier alpha value is -0.900. The molecule has 1 aromatic heterocycles. The molecule has 1 aliphatic carbocycles. The molecular formula is C11H20N4. The van der Waals surface area contributed by atoms with Crippen LogP contribution in [0.2, 0.25) is 0 Å². The molecule has 84 valence electrons. The zero-order chi connectivity index (χ0) is 11.1. The minimum absolute atomic E-state index is 0.255. The van der Waals surface area contributed by atoms with Gasteiger partial charge in [0.2, 0.25) is 0 Å². The van der Waals surface area contributed by atoms with E-state index >= 15 is 0 Å². The summed E-state index contributed by atoms with van der Waals surface area (Å²) in [6.07, 6.45) is 3.47. The van der Waals surface area contributed by atoms with Crippen LogP contribution in [0.4, 0.5) is 0 Å². The molecule has 0 saturated heterocycles. The van der Waals surface area contributed by atoms with Crippen molar-refractivity contribution >= 4 is 0 Å². The molecular weight excluding hydrogens is 188 g/mol. The Morgan fingerprint density at radius 2 is 1.87 bits per heavy atom. The predicted octanol–water partition coefficient (Wildman–Crippen LogP) is 1.66. The number of hydrogen-bond donors (Lipinski definition) is 1. The normalized spacial score (nSPS) is 17.1. The molecule has 0 aromatic carbocycles. The van der Waals surface area contributed by atoms with Gasteiger partial charge in [-0.25, -0.2) is 0 Å². The van der Waals surface area contributed by atoms with Gasteiger partial charge in [0.05, 0.1) is 6.54 Å². The van der Waals surface area contributed by atoms with E-state index < -0.39 is 0 Å². The van der Waals surface area contributed by atoms with Crippen LogP contribution in [0.1, 0.15) is 51.3 Å². The highest BCUT2D eigenvalue weighted by Crippen LogP contribution is 2.37. The van der Waals surface area contributed by atoms with E-state index in [1.54, 1.807) is 0 Å². The highest BCUT2D eigenvalue weighted by molar-refractivity contribution is 5.04. The first-order valence-corrected chi connectivity index (χ1v) is 5.64. The van der Waals surface area contributed by atoms with E-state index in [0.717, 1.165) is 18.1 Å². The fraction of sp³-hybridized carbons (Fsp3) is 0.818. The maximum Gasteiger partial charge on any atom is 0.147 e. The van der Waals surface area contributed by atoms with Crippen molar-refractivity contribution < 1.29 is 0 Å². The molecule has 1 aliphatic rings. The van der Waals surface area contributed by atoms with Crippen molar-refractivity contribution in [2.75, 3.05) is 0 Å². The molecule has 1 heterocycles. The molecule has 0 aliphatic heterocycles. The highest BCUT2D eigenvalue weighted by atomic mass is 15.3. The average Bonchev–Trinajstić information content (AvgIpc) is 2.87. The topological polar surface area (TPSA) is 56.7 Å². The van der Waals surface area contributed by atoms with E-state index in [9.17, 15) is 0 Å². The van der Waals surface area contributed by atoms with Crippen LogP contribution in [0.15, 0.2) is 0 Å². The minimum atomic E-state index is 0.255. The van der Waals surface area contributed by atoms with Crippen LogP contribution in [0, 0.1) is 5.41 Å². The summed E-state index contributed by atoms with van der Waals surface area (Å²) in [6, 6.07) is 0.621. The van der Waals surface area contributed by atoms with E-state index in [1.165, 1.54) is 12.8 Å². The third kappa shape index (κ3) is 2.37. The second-order valence-electron chi connectivity index (χ2n) is 5.58. The van der Waals surface area contributed by atoms with Crippen molar-refractivity contribution in [3.63, 3.8) is 0 Å². The number of rotatable bonds is 3. The molecule has 4 heteroatoms. The molecule has 1 fully saturated rings. The monoisotopic (exact) mass is 208 g/mol. The first kappa shape index (κ1) is 10.6. The summed E-state index contributed by atoms with van der Waals surface area (Å²) in [5.41, 5.74) is 5.93. The molecule has 4 nitrogen and oxygen atoms in total. The van der Waals surface area contributed by atoms with Crippen molar-refractivity contribution in [3.8, 4) is 0 Å². The van der Waals surface area contributed by atoms with Gasteiger partial charge in [-0.1, -0.05) is 20.8 Å². The Kier molecular flexibility index (Phi) is 2.54. The second-order valence-corrected chi connectivity index (χ2v) is 5.58. The Morgan fingerprint density at radius 1 is 1.27 bits per heavy atom. The van der Waals surface area contributed by atoms with Crippen LogP contribution >= 0.6 is 0 Å². The Morgan fingerprint density at radius 3 is 2.33 bits per heavy atom. The Balaban J connectivity index is 2.26. The molecule has 0 amide bonds. The molecule has 0 bridgehead atoms. The lowest BCUT2D eigenvalue weighted by Gasteiger charge is -2.18. The van der Waals surface area contributed by atoms with Crippen LogP contribution in [-0.2, 0) is 13.0 Å². The van der Waals surface area contributed by atoms with Crippen molar-refractivity contribution in [2.24, 2.45) is 11.1 Å². The van der Waals surface area contributed by atoms with Gasteiger partial charge in [0.25, 0.3) is 0 Å². The quantitative estimate of drug-likeness (QED) is 0.822. The van der Waals surface area contributed by atoms with Crippen molar-refractivity contribution in [1.29, 1.82) is 0 Å². The van der Waals surface area contributed by atoms with Gasteiger partial charge in [-0.05, 0) is 18.3 Å². The zero-order valence-corrected chi connectivity index (χ0v) is 9.82. The zero-order valence-electron chi connectivity index (χ0n) is 9.82. The van der Waals surface area contributed by atoms with E-state index in [0.29, 0.717) is 12.6 Å². The summed E-state index contributed by atoms with van der Waals surface area (Å²) in [5, 5.41) is 8.43. The third-order valence-electron chi connectivity index (χ3n) is 2.62. The van der Waals surface area contributed by atoms with Crippen molar-refractivity contribution in [1.82, 2.24) is 14.8 Å². The van der Waals surface area contributed by atoms with Gasteiger partial charge in [0.15, 0.2) is 0 Å². The number of hydrogen-bond acceptors (Lipinski definition) is 3. The van der Waals surface area contributed by atoms with Gasteiger partial charge in [-0.15, -0.1) is 10.2 Å². The minimum Gasteiger partial charge on any atom is -0.324 e. The average molecular weight is 208 g/mol. The van der Waals surface area contributed by atoms with Gasteiger partial charge in [-0.3, -0.25) is 0 Å². The van der Waals surface area contributed by atoms with E-state index in [4.69, 9.17) is 5.73 Å². The van der Waals surface area contributed by atoms with Crippen LogP contribution in [0.3, 0.4) is 0 Å².